The van der Waals surface area contributed by atoms with Gasteiger partial charge in [0.15, 0.2) is 5.65 Å². The van der Waals surface area contributed by atoms with Crippen LogP contribution in [-0.2, 0) is 0 Å². The first-order chi connectivity index (χ1) is 21.3. The van der Waals surface area contributed by atoms with E-state index in [1.165, 1.54) is 0 Å². The third-order valence-corrected chi connectivity index (χ3v) is 8.26. The molecule has 0 unspecified atom stereocenters. The van der Waals surface area contributed by atoms with E-state index in [-0.39, 0.29) is 0 Å². The summed E-state index contributed by atoms with van der Waals surface area (Å²) in [4.78, 5) is 19.6. The van der Waals surface area contributed by atoms with Crippen LogP contribution >= 0.6 is 0 Å². The van der Waals surface area contributed by atoms with Crippen molar-refractivity contribution in [2.75, 3.05) is 0 Å². The van der Waals surface area contributed by atoms with Crippen molar-refractivity contribution in [3.05, 3.63) is 140 Å². The molecule has 0 bridgehead atoms. The van der Waals surface area contributed by atoms with E-state index in [2.05, 4.69) is 113 Å². The van der Waals surface area contributed by atoms with Crippen LogP contribution in [0.4, 0.5) is 0 Å². The largest absolute Gasteiger partial charge is 0.284 e. The molecule has 9 rings (SSSR count). The number of imidazole rings is 1. The summed E-state index contributed by atoms with van der Waals surface area (Å²) >= 11 is 0. The second-order valence-electron chi connectivity index (χ2n) is 10.8. The molecule has 0 aliphatic carbocycles. The predicted octanol–water partition coefficient (Wildman–Crippen LogP) is 9.13. The molecule has 0 atom stereocenters. The molecule has 200 valence electrons. The summed E-state index contributed by atoms with van der Waals surface area (Å²) in [5, 5.41) is 4.40. The first-order valence-corrected chi connectivity index (χ1v) is 14.3. The Labute approximate surface area is 246 Å². The second-order valence-corrected chi connectivity index (χ2v) is 10.8. The second kappa shape index (κ2) is 9.29. The summed E-state index contributed by atoms with van der Waals surface area (Å²) in [5.41, 5.74) is 10.9. The number of fused-ring (bicyclic) bond motifs is 8. The SMILES string of the molecule is c1cnc2c(c1)ccc1ccc(-c3ccc(-c4ccc(-c5nc6c(nc7ccccn76)c6ccccc56)cc4)cc3)nc12. The fourth-order valence-corrected chi connectivity index (χ4v) is 6.09. The van der Waals surface area contributed by atoms with Gasteiger partial charge >= 0.3 is 0 Å². The average Bonchev–Trinajstić information content (AvgIpc) is 3.47. The number of pyridine rings is 4. The van der Waals surface area contributed by atoms with E-state index < -0.39 is 0 Å². The third-order valence-electron chi connectivity index (χ3n) is 8.26. The summed E-state index contributed by atoms with van der Waals surface area (Å²) in [6, 6.07) is 44.2. The maximum Gasteiger partial charge on any atom is 0.165 e. The molecular weight excluding hydrogens is 526 g/mol. The molecule has 0 radical (unpaired) electrons. The van der Waals surface area contributed by atoms with Gasteiger partial charge in [0.2, 0.25) is 0 Å². The number of benzene rings is 4. The van der Waals surface area contributed by atoms with E-state index in [1.54, 1.807) is 0 Å². The molecule has 5 heteroatoms. The van der Waals surface area contributed by atoms with Gasteiger partial charge in [-0.2, -0.15) is 0 Å². The van der Waals surface area contributed by atoms with Crippen LogP contribution in [0, 0.1) is 0 Å². The van der Waals surface area contributed by atoms with E-state index in [1.807, 2.05) is 36.7 Å². The first-order valence-electron chi connectivity index (χ1n) is 14.3. The molecular formula is C38H23N5. The number of hydrogen-bond donors (Lipinski definition) is 0. The Morgan fingerprint density at radius 1 is 0.442 bits per heavy atom. The van der Waals surface area contributed by atoms with Crippen LogP contribution in [0.2, 0.25) is 0 Å². The Kier molecular flexibility index (Phi) is 5.13. The van der Waals surface area contributed by atoms with Crippen LogP contribution in [0.25, 0.3) is 83.0 Å². The third kappa shape index (κ3) is 3.79. The summed E-state index contributed by atoms with van der Waals surface area (Å²) in [6.45, 7) is 0. The highest BCUT2D eigenvalue weighted by molar-refractivity contribution is 6.09. The van der Waals surface area contributed by atoms with Crippen molar-refractivity contribution in [1.82, 2.24) is 24.3 Å². The van der Waals surface area contributed by atoms with Gasteiger partial charge in [0.1, 0.15) is 11.2 Å². The van der Waals surface area contributed by atoms with Gasteiger partial charge in [-0.05, 0) is 35.4 Å². The molecule has 9 aromatic rings. The lowest BCUT2D eigenvalue weighted by Gasteiger charge is -2.10. The highest BCUT2D eigenvalue weighted by Gasteiger charge is 2.15. The molecule has 4 aromatic carbocycles. The molecule has 0 amide bonds. The van der Waals surface area contributed by atoms with Crippen LogP contribution in [-0.4, -0.2) is 24.3 Å². The highest BCUT2D eigenvalue weighted by Crippen LogP contribution is 2.34. The summed E-state index contributed by atoms with van der Waals surface area (Å²) in [7, 11) is 0. The Morgan fingerprint density at radius 3 is 1.93 bits per heavy atom. The highest BCUT2D eigenvalue weighted by atomic mass is 15.1. The van der Waals surface area contributed by atoms with Gasteiger partial charge in [-0.3, -0.25) is 9.38 Å². The Bertz CT molecular complexity index is 2490. The summed E-state index contributed by atoms with van der Waals surface area (Å²) in [6.07, 6.45) is 3.85. The molecule has 5 aromatic heterocycles. The van der Waals surface area contributed by atoms with Gasteiger partial charge in [-0.1, -0.05) is 103 Å². The molecule has 0 aliphatic heterocycles. The van der Waals surface area contributed by atoms with E-state index in [0.717, 1.165) is 83.0 Å². The van der Waals surface area contributed by atoms with Gasteiger partial charge in [0, 0.05) is 45.1 Å². The first kappa shape index (κ1) is 23.7. The molecule has 0 fully saturated rings. The van der Waals surface area contributed by atoms with Crippen LogP contribution in [0.3, 0.4) is 0 Å². The van der Waals surface area contributed by atoms with Gasteiger partial charge in [-0.15, -0.1) is 0 Å². The summed E-state index contributed by atoms with van der Waals surface area (Å²) < 4.78 is 2.06. The van der Waals surface area contributed by atoms with Crippen molar-refractivity contribution in [1.29, 1.82) is 0 Å². The average molecular weight is 550 g/mol. The zero-order chi connectivity index (χ0) is 28.3. The van der Waals surface area contributed by atoms with Gasteiger partial charge < -0.3 is 0 Å². The quantitative estimate of drug-likeness (QED) is 0.206. The van der Waals surface area contributed by atoms with Crippen LogP contribution in [0.1, 0.15) is 0 Å². The minimum atomic E-state index is 0.870. The lowest BCUT2D eigenvalue weighted by molar-refractivity contribution is 1.19. The van der Waals surface area contributed by atoms with Crippen molar-refractivity contribution < 1.29 is 0 Å². The number of hydrogen-bond acceptors (Lipinski definition) is 4. The smallest absolute Gasteiger partial charge is 0.165 e. The van der Waals surface area contributed by atoms with Crippen LogP contribution in [0.5, 0.6) is 0 Å². The zero-order valence-corrected chi connectivity index (χ0v) is 23.0. The van der Waals surface area contributed by atoms with Crippen molar-refractivity contribution >= 4 is 49.4 Å². The van der Waals surface area contributed by atoms with Crippen molar-refractivity contribution in [3.8, 4) is 33.6 Å². The Hall–Kier alpha value is -5.94. The molecule has 0 N–H and O–H groups in total. The standard InChI is InChI=1S/C38H23N5/c1-2-8-31-30(7-1)34(42-38-37(31)41-33-9-3-4-23-43(33)38)28-16-12-25(13-17-28)24-10-14-26(15-11-24)32-21-20-29-19-18-27-6-5-22-39-35(27)36(29)40-32/h1-23H. The number of rotatable bonds is 3. The van der Waals surface area contributed by atoms with Crippen LogP contribution < -0.4 is 0 Å². The monoisotopic (exact) mass is 549 g/mol. The minimum absolute atomic E-state index is 0.870. The summed E-state index contributed by atoms with van der Waals surface area (Å²) in [5.74, 6) is 0. The minimum Gasteiger partial charge on any atom is -0.284 e. The molecule has 0 aliphatic rings. The lowest BCUT2D eigenvalue weighted by atomic mass is 9.98. The fourth-order valence-electron chi connectivity index (χ4n) is 6.09. The molecule has 43 heavy (non-hydrogen) atoms. The van der Waals surface area contributed by atoms with E-state index >= 15 is 0 Å². The number of aromatic nitrogens is 5. The molecule has 5 nitrogen and oxygen atoms in total. The van der Waals surface area contributed by atoms with Gasteiger partial charge in [0.05, 0.1) is 22.4 Å². The lowest BCUT2D eigenvalue weighted by Crippen LogP contribution is -1.92. The van der Waals surface area contributed by atoms with E-state index in [4.69, 9.17) is 15.0 Å². The molecule has 0 saturated carbocycles. The molecule has 0 spiro atoms. The normalized spacial score (nSPS) is 11.7. The van der Waals surface area contributed by atoms with Gasteiger partial charge in [0.25, 0.3) is 0 Å². The maximum absolute atomic E-state index is 5.14. The zero-order valence-electron chi connectivity index (χ0n) is 23.0. The topological polar surface area (TPSA) is 56.0 Å². The van der Waals surface area contributed by atoms with E-state index in [9.17, 15) is 0 Å². The Balaban J connectivity index is 1.08. The van der Waals surface area contributed by atoms with Crippen molar-refractivity contribution in [3.63, 3.8) is 0 Å². The predicted molar refractivity (Wildman–Crippen MR) is 175 cm³/mol. The van der Waals surface area contributed by atoms with Crippen LogP contribution in [0.15, 0.2) is 140 Å². The van der Waals surface area contributed by atoms with E-state index in [0.29, 0.717) is 0 Å². The molecule has 0 saturated heterocycles. The number of nitrogens with zero attached hydrogens (tertiary/aromatic N) is 5. The fraction of sp³-hybridized carbons (Fsp3) is 0. The van der Waals surface area contributed by atoms with Crippen molar-refractivity contribution in [2.45, 2.75) is 0 Å². The Morgan fingerprint density at radius 2 is 1.12 bits per heavy atom. The molecule has 5 heterocycles. The van der Waals surface area contributed by atoms with Gasteiger partial charge in [-0.25, -0.2) is 15.0 Å². The van der Waals surface area contributed by atoms with Crippen molar-refractivity contribution in [2.24, 2.45) is 0 Å². The maximum atomic E-state index is 5.14.